The standard InChI is InChI=1S/C10H15ClN2O2S2/c11-10-13-5-9(16-10)7-17(14,15)6-8-3-1-2-4-12-8/h5,8,12H,1-4,6-7H2/t8-/m1/s1. The molecule has 1 aromatic rings. The van der Waals surface area contributed by atoms with E-state index in [4.69, 9.17) is 11.6 Å². The predicted molar refractivity (Wildman–Crippen MR) is 70.3 cm³/mol. The van der Waals surface area contributed by atoms with Gasteiger partial charge < -0.3 is 5.32 Å². The van der Waals surface area contributed by atoms with Crippen molar-refractivity contribution >= 4 is 32.8 Å². The lowest BCUT2D eigenvalue weighted by molar-refractivity contribution is 0.423. The first-order valence-electron chi connectivity index (χ1n) is 5.59. The van der Waals surface area contributed by atoms with Gasteiger partial charge in [0.1, 0.15) is 0 Å². The molecule has 0 bridgehead atoms. The molecule has 4 nitrogen and oxygen atoms in total. The molecule has 1 fully saturated rings. The highest BCUT2D eigenvalue weighted by Gasteiger charge is 2.22. The molecule has 0 aliphatic carbocycles. The summed E-state index contributed by atoms with van der Waals surface area (Å²) in [5, 5.41) is 3.25. The lowest BCUT2D eigenvalue weighted by Crippen LogP contribution is -2.39. The highest BCUT2D eigenvalue weighted by molar-refractivity contribution is 7.90. The summed E-state index contributed by atoms with van der Waals surface area (Å²) in [6.45, 7) is 0.923. The number of halogens is 1. The second kappa shape index (κ2) is 5.65. The van der Waals surface area contributed by atoms with Crippen molar-refractivity contribution in [3.05, 3.63) is 15.5 Å². The van der Waals surface area contributed by atoms with Crippen LogP contribution < -0.4 is 5.32 Å². The van der Waals surface area contributed by atoms with E-state index < -0.39 is 9.84 Å². The molecule has 1 aliphatic heterocycles. The van der Waals surface area contributed by atoms with E-state index in [9.17, 15) is 8.42 Å². The second-order valence-corrected chi connectivity index (χ2v) is 8.09. The van der Waals surface area contributed by atoms with Crippen LogP contribution in [0.2, 0.25) is 4.47 Å². The largest absolute Gasteiger partial charge is 0.313 e. The summed E-state index contributed by atoms with van der Waals surface area (Å²) in [4.78, 5) is 4.57. The fraction of sp³-hybridized carbons (Fsp3) is 0.700. The van der Waals surface area contributed by atoms with Gasteiger partial charge in [0.15, 0.2) is 14.3 Å². The van der Waals surface area contributed by atoms with Crippen molar-refractivity contribution in [2.24, 2.45) is 0 Å². The van der Waals surface area contributed by atoms with Crippen molar-refractivity contribution in [2.45, 2.75) is 31.1 Å². The molecule has 1 aliphatic rings. The minimum atomic E-state index is -3.07. The normalized spacial score (nSPS) is 21.6. The van der Waals surface area contributed by atoms with Crippen LogP contribution in [-0.2, 0) is 15.6 Å². The zero-order valence-electron chi connectivity index (χ0n) is 9.36. The van der Waals surface area contributed by atoms with Crippen molar-refractivity contribution in [2.75, 3.05) is 12.3 Å². The number of aromatic nitrogens is 1. The van der Waals surface area contributed by atoms with Gasteiger partial charge in [0.2, 0.25) is 0 Å². The third-order valence-corrected chi connectivity index (χ3v) is 5.71. The number of hydrogen-bond donors (Lipinski definition) is 1. The van der Waals surface area contributed by atoms with Gasteiger partial charge >= 0.3 is 0 Å². The summed E-state index contributed by atoms with van der Waals surface area (Å²) < 4.78 is 24.3. The maximum Gasteiger partial charge on any atom is 0.183 e. The predicted octanol–water partition coefficient (Wildman–Crippen LogP) is 1.85. The molecule has 0 amide bonds. The summed E-state index contributed by atoms with van der Waals surface area (Å²) in [6, 6.07) is 0.108. The topological polar surface area (TPSA) is 59.1 Å². The Morgan fingerprint density at radius 1 is 1.53 bits per heavy atom. The Bertz CT molecular complexity index is 466. The van der Waals surface area contributed by atoms with Crippen molar-refractivity contribution < 1.29 is 8.42 Å². The van der Waals surface area contributed by atoms with Gasteiger partial charge in [0.05, 0.1) is 11.5 Å². The molecule has 2 rings (SSSR count). The second-order valence-electron chi connectivity index (χ2n) is 4.28. The molecule has 1 saturated heterocycles. The summed E-state index contributed by atoms with van der Waals surface area (Å²) >= 11 is 6.91. The van der Waals surface area contributed by atoms with E-state index in [0.717, 1.165) is 25.8 Å². The molecular weight excluding hydrogens is 280 g/mol. The van der Waals surface area contributed by atoms with Gasteiger partial charge in [0, 0.05) is 17.1 Å². The molecule has 0 radical (unpaired) electrons. The number of rotatable bonds is 4. The molecule has 0 unspecified atom stereocenters. The SMILES string of the molecule is O=S(=O)(Cc1cnc(Cl)s1)C[C@H]1CCCCN1. The molecule has 17 heavy (non-hydrogen) atoms. The van der Waals surface area contributed by atoms with E-state index in [1.807, 2.05) is 0 Å². The fourth-order valence-electron chi connectivity index (χ4n) is 2.00. The lowest BCUT2D eigenvalue weighted by atomic mass is 10.1. The number of sulfone groups is 1. The van der Waals surface area contributed by atoms with Crippen LogP contribution in [-0.4, -0.2) is 31.7 Å². The highest BCUT2D eigenvalue weighted by atomic mass is 35.5. The zero-order valence-corrected chi connectivity index (χ0v) is 11.7. The number of piperidine rings is 1. The zero-order chi connectivity index (χ0) is 12.3. The molecule has 96 valence electrons. The van der Waals surface area contributed by atoms with Crippen LogP contribution in [0.3, 0.4) is 0 Å². The summed E-state index contributed by atoms with van der Waals surface area (Å²) in [5.41, 5.74) is 0. The van der Waals surface area contributed by atoms with Crippen molar-refractivity contribution in [1.29, 1.82) is 0 Å². The number of thiazole rings is 1. The van der Waals surface area contributed by atoms with Crippen molar-refractivity contribution in [3.8, 4) is 0 Å². The Morgan fingerprint density at radius 3 is 2.94 bits per heavy atom. The van der Waals surface area contributed by atoms with Crippen LogP contribution in [0.15, 0.2) is 6.20 Å². The van der Waals surface area contributed by atoms with Gasteiger partial charge in [-0.25, -0.2) is 13.4 Å². The molecular formula is C10H15ClN2O2S2. The van der Waals surface area contributed by atoms with Crippen molar-refractivity contribution in [3.63, 3.8) is 0 Å². The lowest BCUT2D eigenvalue weighted by Gasteiger charge is -2.22. The number of nitrogens with zero attached hydrogens (tertiary/aromatic N) is 1. The first-order valence-corrected chi connectivity index (χ1v) is 8.61. The molecule has 7 heteroatoms. The molecule has 0 aromatic carbocycles. The molecule has 1 atom stereocenters. The summed E-state index contributed by atoms with van der Waals surface area (Å²) in [7, 11) is -3.07. The maximum absolute atomic E-state index is 12.0. The average Bonchev–Trinajstić information content (AvgIpc) is 2.63. The molecule has 1 aromatic heterocycles. The Labute approximate surface area is 110 Å². The van der Waals surface area contributed by atoms with Gasteiger partial charge in [0.25, 0.3) is 0 Å². The van der Waals surface area contributed by atoms with Crippen LogP contribution in [0.4, 0.5) is 0 Å². The van der Waals surface area contributed by atoms with E-state index in [1.165, 1.54) is 11.3 Å². The van der Waals surface area contributed by atoms with Gasteiger partial charge in [-0.2, -0.15) is 0 Å². The van der Waals surface area contributed by atoms with Crippen LogP contribution in [0, 0.1) is 0 Å². The fourth-order valence-corrected chi connectivity index (χ4v) is 5.07. The molecule has 0 spiro atoms. The molecule has 2 heterocycles. The smallest absolute Gasteiger partial charge is 0.183 e. The Hall–Kier alpha value is -0.170. The van der Waals surface area contributed by atoms with Crippen LogP contribution >= 0.6 is 22.9 Å². The summed E-state index contributed by atoms with van der Waals surface area (Å²) in [5.74, 6) is 0.262. The minimum Gasteiger partial charge on any atom is -0.313 e. The highest BCUT2D eigenvalue weighted by Crippen LogP contribution is 2.21. The van der Waals surface area contributed by atoms with E-state index in [2.05, 4.69) is 10.3 Å². The van der Waals surface area contributed by atoms with Crippen LogP contribution in [0.5, 0.6) is 0 Å². The Kier molecular flexibility index (Phi) is 4.41. The first kappa shape index (κ1) is 13.3. The van der Waals surface area contributed by atoms with E-state index >= 15 is 0 Å². The van der Waals surface area contributed by atoms with Crippen LogP contribution in [0.25, 0.3) is 0 Å². The van der Waals surface area contributed by atoms with Gasteiger partial charge in [-0.1, -0.05) is 18.0 Å². The Morgan fingerprint density at radius 2 is 2.35 bits per heavy atom. The Balaban J connectivity index is 1.94. The molecule has 1 N–H and O–H groups in total. The quantitative estimate of drug-likeness (QED) is 0.921. The van der Waals surface area contributed by atoms with Crippen LogP contribution in [0.1, 0.15) is 24.1 Å². The minimum absolute atomic E-state index is 0.0512. The third kappa shape index (κ3) is 4.21. The average molecular weight is 295 g/mol. The van der Waals surface area contributed by atoms with Gasteiger partial charge in [-0.15, -0.1) is 11.3 Å². The summed E-state index contributed by atoms with van der Waals surface area (Å²) in [6.07, 6.45) is 4.74. The van der Waals surface area contributed by atoms with Gasteiger partial charge in [-0.3, -0.25) is 0 Å². The van der Waals surface area contributed by atoms with E-state index in [-0.39, 0.29) is 17.5 Å². The van der Waals surface area contributed by atoms with E-state index in [0.29, 0.717) is 9.34 Å². The number of nitrogens with one attached hydrogen (secondary N) is 1. The first-order chi connectivity index (χ1) is 8.05. The monoisotopic (exact) mass is 294 g/mol. The van der Waals surface area contributed by atoms with Crippen molar-refractivity contribution in [1.82, 2.24) is 10.3 Å². The number of hydrogen-bond acceptors (Lipinski definition) is 5. The third-order valence-electron chi connectivity index (χ3n) is 2.76. The van der Waals surface area contributed by atoms with Gasteiger partial charge in [-0.05, 0) is 19.4 Å². The maximum atomic E-state index is 12.0. The molecule has 0 saturated carbocycles. The van der Waals surface area contributed by atoms with E-state index in [1.54, 1.807) is 6.20 Å².